The summed E-state index contributed by atoms with van der Waals surface area (Å²) >= 11 is 0. The number of aromatic nitrogens is 2. The van der Waals surface area contributed by atoms with Crippen LogP contribution in [0.2, 0.25) is 0 Å². The summed E-state index contributed by atoms with van der Waals surface area (Å²) in [6.07, 6.45) is -10.5. The third-order valence-corrected chi connectivity index (χ3v) is 6.39. The molecule has 0 aliphatic carbocycles. The van der Waals surface area contributed by atoms with Crippen LogP contribution in [0.4, 0.5) is 32.3 Å². The number of nitrogens with one attached hydrogen (secondary N) is 1. The number of anilines is 1. The standard InChI is InChI=1S/C19H23F6N5O3/c20-18(21,22)17(32,19(23,24)25)11-5-27-16(28-6-11)29-2-1-26-7-14(29)8-30-12-3-15(31)4-13(30)10-33-9-12/h5-6,12-14,26,32H,1-4,7-10H2. The number of hydrogen-bond donors (Lipinski definition) is 2. The van der Waals surface area contributed by atoms with Gasteiger partial charge in [0.2, 0.25) is 5.95 Å². The molecule has 14 heteroatoms. The number of piperidine rings is 1. The Balaban J connectivity index is 1.56. The first-order chi connectivity index (χ1) is 15.4. The van der Waals surface area contributed by atoms with Crippen molar-refractivity contribution < 1.29 is 41.0 Å². The minimum atomic E-state index is -6.00. The fourth-order valence-corrected chi connectivity index (χ4v) is 4.66. The van der Waals surface area contributed by atoms with Crippen molar-refractivity contribution in [2.45, 2.75) is 48.9 Å². The molecule has 4 rings (SSSR count). The highest BCUT2D eigenvalue weighted by Gasteiger charge is 2.71. The maximum Gasteiger partial charge on any atom is 0.430 e. The molecule has 3 aliphatic rings. The highest BCUT2D eigenvalue weighted by Crippen LogP contribution is 2.49. The van der Waals surface area contributed by atoms with Crippen LogP contribution in [0.25, 0.3) is 0 Å². The molecular weight excluding hydrogens is 460 g/mol. The van der Waals surface area contributed by atoms with Crippen LogP contribution in [-0.2, 0) is 15.1 Å². The Labute approximate surface area is 184 Å². The molecule has 3 saturated heterocycles. The molecule has 2 N–H and O–H groups in total. The SMILES string of the molecule is O=C1CC2COCC(C1)N2CC1CNCCN1c1ncc(C(O)(C(F)(F)F)C(F)(F)F)cn1. The van der Waals surface area contributed by atoms with Gasteiger partial charge in [0.25, 0.3) is 5.60 Å². The first kappa shape index (κ1) is 24.1. The third kappa shape index (κ3) is 4.40. The van der Waals surface area contributed by atoms with Gasteiger partial charge in [0.05, 0.1) is 19.3 Å². The summed E-state index contributed by atoms with van der Waals surface area (Å²) in [5.41, 5.74) is -6.57. The van der Waals surface area contributed by atoms with Crippen molar-refractivity contribution in [2.24, 2.45) is 0 Å². The van der Waals surface area contributed by atoms with Gasteiger partial charge in [-0.1, -0.05) is 0 Å². The maximum atomic E-state index is 13.1. The Kier molecular flexibility index (Phi) is 6.31. The van der Waals surface area contributed by atoms with Crippen LogP contribution in [0.1, 0.15) is 18.4 Å². The molecule has 2 bridgehead atoms. The van der Waals surface area contributed by atoms with E-state index >= 15 is 0 Å². The van der Waals surface area contributed by atoms with E-state index in [0.29, 0.717) is 64.6 Å². The lowest BCUT2D eigenvalue weighted by Crippen LogP contribution is -2.63. The number of Topliss-reactive ketones (excluding diaryl/α,β-unsaturated/α-hetero) is 1. The second-order valence-electron chi connectivity index (χ2n) is 8.52. The molecular formula is C19H23F6N5O3. The van der Waals surface area contributed by atoms with Crippen molar-refractivity contribution in [3.8, 4) is 0 Å². The van der Waals surface area contributed by atoms with E-state index in [1.807, 2.05) is 0 Å². The van der Waals surface area contributed by atoms with E-state index < -0.39 is 23.5 Å². The van der Waals surface area contributed by atoms with Crippen molar-refractivity contribution in [1.82, 2.24) is 20.2 Å². The number of rotatable bonds is 4. The number of fused-ring (bicyclic) bond motifs is 2. The molecule has 33 heavy (non-hydrogen) atoms. The molecule has 1 aromatic rings. The molecule has 8 nitrogen and oxygen atoms in total. The van der Waals surface area contributed by atoms with Crippen LogP contribution >= 0.6 is 0 Å². The Morgan fingerprint density at radius 2 is 1.64 bits per heavy atom. The van der Waals surface area contributed by atoms with Gasteiger partial charge < -0.3 is 20.1 Å². The van der Waals surface area contributed by atoms with E-state index in [9.17, 15) is 36.2 Å². The number of ether oxygens (including phenoxy) is 1. The largest absolute Gasteiger partial charge is 0.430 e. The molecule has 3 unspecified atom stereocenters. The number of morpholine rings is 1. The zero-order valence-corrected chi connectivity index (χ0v) is 17.4. The fraction of sp³-hybridized carbons (Fsp3) is 0.737. The number of piperazine rings is 1. The average Bonchev–Trinajstić information content (AvgIpc) is 2.73. The minimum absolute atomic E-state index is 0.0357. The number of carbonyl (C=O) groups excluding carboxylic acids is 1. The molecule has 1 aromatic heterocycles. The van der Waals surface area contributed by atoms with Gasteiger partial charge in [-0.15, -0.1) is 0 Å². The second-order valence-corrected chi connectivity index (χ2v) is 8.52. The Morgan fingerprint density at radius 3 is 2.18 bits per heavy atom. The summed E-state index contributed by atoms with van der Waals surface area (Å²) in [6, 6.07) is -0.388. The number of halogens is 6. The summed E-state index contributed by atoms with van der Waals surface area (Å²) in [6.45, 7) is 2.72. The smallest absolute Gasteiger partial charge is 0.378 e. The van der Waals surface area contributed by atoms with E-state index in [1.165, 1.54) is 0 Å². The number of alkyl halides is 6. The number of aliphatic hydroxyl groups is 1. The van der Waals surface area contributed by atoms with E-state index in [2.05, 4.69) is 20.2 Å². The van der Waals surface area contributed by atoms with Gasteiger partial charge in [-0.2, -0.15) is 26.3 Å². The normalized spacial score (nSPS) is 27.7. The lowest BCUT2D eigenvalue weighted by Gasteiger charge is -2.48. The average molecular weight is 483 g/mol. The fourth-order valence-electron chi connectivity index (χ4n) is 4.66. The Hall–Kier alpha value is -2.03. The zero-order chi connectivity index (χ0) is 24.0. The zero-order valence-electron chi connectivity index (χ0n) is 17.4. The molecule has 3 fully saturated rings. The van der Waals surface area contributed by atoms with Crippen LogP contribution in [0.5, 0.6) is 0 Å². The third-order valence-electron chi connectivity index (χ3n) is 6.39. The van der Waals surface area contributed by atoms with Gasteiger partial charge in [0.15, 0.2) is 0 Å². The van der Waals surface area contributed by atoms with Gasteiger partial charge in [-0.3, -0.25) is 9.69 Å². The van der Waals surface area contributed by atoms with Gasteiger partial charge >= 0.3 is 12.4 Å². The van der Waals surface area contributed by atoms with Crippen LogP contribution in [0.15, 0.2) is 12.4 Å². The predicted molar refractivity (Wildman–Crippen MR) is 101 cm³/mol. The lowest BCUT2D eigenvalue weighted by atomic mass is 9.92. The van der Waals surface area contributed by atoms with Crippen LogP contribution in [0, 0.1) is 0 Å². The van der Waals surface area contributed by atoms with Gasteiger partial charge in [-0.05, 0) is 0 Å². The first-order valence-electron chi connectivity index (χ1n) is 10.4. The van der Waals surface area contributed by atoms with Crippen LogP contribution < -0.4 is 10.2 Å². The first-order valence-corrected chi connectivity index (χ1v) is 10.4. The second kappa shape index (κ2) is 8.64. The molecule has 3 aliphatic heterocycles. The maximum absolute atomic E-state index is 13.1. The Bertz CT molecular complexity index is 835. The van der Waals surface area contributed by atoms with Crippen molar-refractivity contribution >= 4 is 11.7 Å². The quantitative estimate of drug-likeness (QED) is 0.614. The highest BCUT2D eigenvalue weighted by atomic mass is 19.4. The van der Waals surface area contributed by atoms with Crippen LogP contribution in [-0.4, -0.2) is 95.6 Å². The number of carbonyl (C=O) groups is 1. The minimum Gasteiger partial charge on any atom is -0.378 e. The van der Waals surface area contributed by atoms with Crippen molar-refractivity contribution in [3.05, 3.63) is 18.0 Å². The molecule has 0 amide bonds. The van der Waals surface area contributed by atoms with Crippen molar-refractivity contribution in [3.63, 3.8) is 0 Å². The molecule has 0 aromatic carbocycles. The molecule has 4 heterocycles. The summed E-state index contributed by atoms with van der Waals surface area (Å²) in [5, 5.41) is 12.8. The number of nitrogens with zero attached hydrogens (tertiary/aromatic N) is 4. The predicted octanol–water partition coefficient (Wildman–Crippen LogP) is 0.999. The lowest BCUT2D eigenvalue weighted by molar-refractivity contribution is -0.376. The van der Waals surface area contributed by atoms with E-state index in [4.69, 9.17) is 4.74 Å². The van der Waals surface area contributed by atoms with Crippen LogP contribution in [0.3, 0.4) is 0 Å². The molecule has 184 valence electrons. The molecule has 3 atom stereocenters. The topological polar surface area (TPSA) is 90.8 Å². The summed E-state index contributed by atoms with van der Waals surface area (Å²) in [7, 11) is 0. The molecule has 0 saturated carbocycles. The van der Waals surface area contributed by atoms with Crippen molar-refractivity contribution in [1.29, 1.82) is 0 Å². The molecule has 0 spiro atoms. The Morgan fingerprint density at radius 1 is 1.06 bits per heavy atom. The van der Waals surface area contributed by atoms with E-state index in [-0.39, 0.29) is 29.9 Å². The molecule has 0 radical (unpaired) electrons. The van der Waals surface area contributed by atoms with Crippen molar-refractivity contribution in [2.75, 3.05) is 44.3 Å². The van der Waals surface area contributed by atoms with Gasteiger partial charge in [0, 0.05) is 69.1 Å². The summed E-state index contributed by atoms with van der Waals surface area (Å²) < 4.78 is 84.3. The van der Waals surface area contributed by atoms with E-state index in [0.717, 1.165) is 0 Å². The number of ketones is 1. The van der Waals surface area contributed by atoms with Gasteiger partial charge in [0.1, 0.15) is 5.78 Å². The summed E-state index contributed by atoms with van der Waals surface area (Å²) in [4.78, 5) is 23.3. The number of hydrogen-bond acceptors (Lipinski definition) is 8. The van der Waals surface area contributed by atoms with Gasteiger partial charge in [-0.25, -0.2) is 9.97 Å². The highest BCUT2D eigenvalue weighted by molar-refractivity contribution is 5.80. The van der Waals surface area contributed by atoms with E-state index in [1.54, 1.807) is 4.90 Å². The summed E-state index contributed by atoms with van der Waals surface area (Å²) in [5.74, 6) is 0.135. The monoisotopic (exact) mass is 483 g/mol.